The van der Waals surface area contributed by atoms with Crippen LogP contribution in [-0.2, 0) is 19.1 Å². The zero-order chi connectivity index (χ0) is 13.8. The average molecular weight is 285 g/mol. The van der Waals surface area contributed by atoms with Crippen LogP contribution in [-0.4, -0.2) is 48.4 Å². The zero-order valence-corrected chi connectivity index (χ0v) is 12.1. The van der Waals surface area contributed by atoms with Crippen molar-refractivity contribution in [1.29, 1.82) is 0 Å². The Hall–Kier alpha value is -1.17. The summed E-state index contributed by atoms with van der Waals surface area (Å²) in [5.41, 5.74) is 0.713. The van der Waals surface area contributed by atoms with Crippen LogP contribution in [0.5, 0.6) is 0 Å². The number of rotatable bonds is 4. The SMILES string of the molecule is CCOC(=O)C1=C2SCC(C(=O)OCC)N2CCC1. The fourth-order valence-electron chi connectivity index (χ4n) is 2.36. The summed E-state index contributed by atoms with van der Waals surface area (Å²) in [7, 11) is 0. The molecule has 0 aromatic heterocycles. The van der Waals surface area contributed by atoms with Gasteiger partial charge in [-0.1, -0.05) is 0 Å². The van der Waals surface area contributed by atoms with Crippen LogP contribution in [0.1, 0.15) is 26.7 Å². The van der Waals surface area contributed by atoms with Gasteiger partial charge in [-0.15, -0.1) is 11.8 Å². The van der Waals surface area contributed by atoms with Crippen molar-refractivity contribution < 1.29 is 19.1 Å². The minimum atomic E-state index is -0.260. The molecule has 106 valence electrons. The number of fused-ring (bicyclic) bond motifs is 1. The molecular formula is C13H19NO4S. The van der Waals surface area contributed by atoms with E-state index in [0.29, 0.717) is 24.5 Å². The summed E-state index contributed by atoms with van der Waals surface area (Å²) in [5, 5.41) is 0.905. The number of esters is 2. The predicted octanol–water partition coefficient (Wildman–Crippen LogP) is 1.54. The smallest absolute Gasteiger partial charge is 0.336 e. The van der Waals surface area contributed by atoms with Gasteiger partial charge in [-0.25, -0.2) is 9.59 Å². The molecule has 1 saturated heterocycles. The molecule has 0 bridgehead atoms. The lowest BCUT2D eigenvalue weighted by Crippen LogP contribution is -2.41. The van der Waals surface area contributed by atoms with E-state index in [2.05, 4.69) is 0 Å². The van der Waals surface area contributed by atoms with E-state index >= 15 is 0 Å². The van der Waals surface area contributed by atoms with Crippen LogP contribution < -0.4 is 0 Å². The molecule has 6 heteroatoms. The molecule has 0 radical (unpaired) electrons. The number of carbonyl (C=O) groups excluding carboxylic acids is 2. The molecule has 1 atom stereocenters. The standard InChI is InChI=1S/C13H19NO4S/c1-3-17-12(15)9-6-5-7-14-10(8-19-11(9)14)13(16)18-4-2/h10H,3-8H2,1-2H3. The molecule has 2 aliphatic rings. The molecule has 1 fully saturated rings. The highest BCUT2D eigenvalue weighted by molar-refractivity contribution is 8.03. The van der Waals surface area contributed by atoms with Crippen LogP contribution in [0.2, 0.25) is 0 Å². The highest BCUT2D eigenvalue weighted by atomic mass is 32.2. The Bertz CT molecular complexity index is 407. The van der Waals surface area contributed by atoms with Crippen molar-refractivity contribution in [3.05, 3.63) is 10.6 Å². The first-order valence-corrected chi connectivity index (χ1v) is 7.63. The predicted molar refractivity (Wildman–Crippen MR) is 72.5 cm³/mol. The van der Waals surface area contributed by atoms with Crippen LogP contribution in [0.3, 0.4) is 0 Å². The van der Waals surface area contributed by atoms with E-state index in [4.69, 9.17) is 9.47 Å². The molecule has 19 heavy (non-hydrogen) atoms. The third kappa shape index (κ3) is 2.88. The van der Waals surface area contributed by atoms with Gasteiger partial charge in [0.1, 0.15) is 6.04 Å². The number of carbonyl (C=O) groups is 2. The molecule has 0 spiro atoms. The lowest BCUT2D eigenvalue weighted by atomic mass is 10.1. The second-order valence-corrected chi connectivity index (χ2v) is 5.39. The van der Waals surface area contributed by atoms with Gasteiger partial charge in [0.25, 0.3) is 0 Å². The molecule has 0 aliphatic carbocycles. The van der Waals surface area contributed by atoms with Crippen LogP contribution in [0.15, 0.2) is 10.6 Å². The van der Waals surface area contributed by atoms with Crippen molar-refractivity contribution in [1.82, 2.24) is 4.90 Å². The topological polar surface area (TPSA) is 55.8 Å². The summed E-state index contributed by atoms with van der Waals surface area (Å²) in [6.45, 7) is 5.16. The van der Waals surface area contributed by atoms with Crippen LogP contribution >= 0.6 is 11.8 Å². The van der Waals surface area contributed by atoms with Crippen molar-refractivity contribution in [3.8, 4) is 0 Å². The average Bonchev–Trinajstić information content (AvgIpc) is 2.82. The minimum Gasteiger partial charge on any atom is -0.464 e. The first kappa shape index (κ1) is 14.2. The van der Waals surface area contributed by atoms with Gasteiger partial charge in [-0.3, -0.25) is 0 Å². The van der Waals surface area contributed by atoms with Gasteiger partial charge >= 0.3 is 11.9 Å². The molecular weight excluding hydrogens is 266 g/mol. The Morgan fingerprint density at radius 2 is 2.05 bits per heavy atom. The maximum Gasteiger partial charge on any atom is 0.336 e. The molecule has 0 amide bonds. The first-order valence-electron chi connectivity index (χ1n) is 6.65. The van der Waals surface area contributed by atoms with Crippen LogP contribution in [0.4, 0.5) is 0 Å². The number of thioether (sulfide) groups is 1. The summed E-state index contributed by atoms with van der Waals surface area (Å²) in [5.74, 6) is 0.200. The molecule has 2 rings (SSSR count). The van der Waals surface area contributed by atoms with E-state index in [9.17, 15) is 9.59 Å². The Morgan fingerprint density at radius 3 is 2.74 bits per heavy atom. The van der Waals surface area contributed by atoms with E-state index in [1.54, 1.807) is 25.6 Å². The number of hydrogen-bond donors (Lipinski definition) is 0. The fourth-order valence-corrected chi connectivity index (χ4v) is 3.74. The van der Waals surface area contributed by atoms with Crippen molar-refractivity contribution in [2.45, 2.75) is 32.7 Å². The Labute approximate surface area is 117 Å². The third-order valence-corrected chi connectivity index (χ3v) is 4.42. The Kier molecular flexibility index (Phi) is 4.74. The lowest BCUT2D eigenvalue weighted by Gasteiger charge is -2.30. The van der Waals surface area contributed by atoms with Crippen LogP contribution in [0.25, 0.3) is 0 Å². The van der Waals surface area contributed by atoms with E-state index in [-0.39, 0.29) is 18.0 Å². The summed E-state index contributed by atoms with van der Waals surface area (Å²) in [4.78, 5) is 25.8. The van der Waals surface area contributed by atoms with Gasteiger partial charge in [0.2, 0.25) is 0 Å². The first-order chi connectivity index (χ1) is 9.19. The number of hydrogen-bond acceptors (Lipinski definition) is 6. The van der Waals surface area contributed by atoms with Crippen molar-refractivity contribution in [2.75, 3.05) is 25.5 Å². The summed E-state index contributed by atoms with van der Waals surface area (Å²) in [6.07, 6.45) is 1.60. The van der Waals surface area contributed by atoms with Gasteiger partial charge in [0.15, 0.2) is 0 Å². The minimum absolute atomic E-state index is 0.199. The maximum atomic E-state index is 11.9. The molecule has 0 saturated carbocycles. The van der Waals surface area contributed by atoms with Gasteiger partial charge < -0.3 is 14.4 Å². The quantitative estimate of drug-likeness (QED) is 0.730. The lowest BCUT2D eigenvalue weighted by molar-refractivity contribution is -0.148. The largest absolute Gasteiger partial charge is 0.464 e. The highest BCUT2D eigenvalue weighted by Gasteiger charge is 2.39. The van der Waals surface area contributed by atoms with Crippen molar-refractivity contribution in [2.24, 2.45) is 0 Å². The highest BCUT2D eigenvalue weighted by Crippen LogP contribution is 2.40. The van der Waals surface area contributed by atoms with Gasteiger partial charge in [-0.2, -0.15) is 0 Å². The Morgan fingerprint density at radius 1 is 1.32 bits per heavy atom. The summed E-state index contributed by atoms with van der Waals surface area (Å²) >= 11 is 1.55. The second kappa shape index (κ2) is 6.32. The van der Waals surface area contributed by atoms with Crippen molar-refractivity contribution >= 4 is 23.7 Å². The summed E-state index contributed by atoms with van der Waals surface area (Å²) < 4.78 is 10.2. The van der Waals surface area contributed by atoms with E-state index in [1.807, 2.05) is 4.90 Å². The normalized spacial score (nSPS) is 22.2. The molecule has 0 N–H and O–H groups in total. The molecule has 2 heterocycles. The van der Waals surface area contributed by atoms with E-state index < -0.39 is 0 Å². The molecule has 0 aromatic rings. The Balaban J connectivity index is 2.17. The molecule has 0 aromatic carbocycles. The fraction of sp³-hybridized carbons (Fsp3) is 0.692. The van der Waals surface area contributed by atoms with Gasteiger partial charge in [0, 0.05) is 12.3 Å². The zero-order valence-electron chi connectivity index (χ0n) is 11.3. The van der Waals surface area contributed by atoms with Crippen molar-refractivity contribution in [3.63, 3.8) is 0 Å². The van der Waals surface area contributed by atoms with E-state index in [0.717, 1.165) is 24.4 Å². The molecule has 2 aliphatic heterocycles. The van der Waals surface area contributed by atoms with E-state index in [1.165, 1.54) is 0 Å². The van der Waals surface area contributed by atoms with Crippen LogP contribution in [0, 0.1) is 0 Å². The molecule has 5 nitrogen and oxygen atoms in total. The van der Waals surface area contributed by atoms with Gasteiger partial charge in [0.05, 0.1) is 23.8 Å². The summed E-state index contributed by atoms with van der Waals surface area (Å²) in [6, 6.07) is -0.260. The number of ether oxygens (including phenoxy) is 2. The maximum absolute atomic E-state index is 11.9. The monoisotopic (exact) mass is 285 g/mol. The third-order valence-electron chi connectivity index (χ3n) is 3.18. The second-order valence-electron chi connectivity index (χ2n) is 4.38. The molecule has 1 unspecified atom stereocenters. The number of nitrogens with zero attached hydrogens (tertiary/aromatic N) is 1. The van der Waals surface area contributed by atoms with Gasteiger partial charge in [-0.05, 0) is 26.7 Å².